The van der Waals surface area contributed by atoms with Crippen molar-refractivity contribution in [1.29, 1.82) is 5.41 Å². The van der Waals surface area contributed by atoms with Crippen LogP contribution >= 0.6 is 23.2 Å². The first-order valence-electron chi connectivity index (χ1n) is 4.39. The molecule has 0 aliphatic rings. The van der Waals surface area contributed by atoms with E-state index in [1.54, 1.807) is 0 Å². The number of hydrogen-bond acceptors (Lipinski definition) is 3. The molecule has 6 nitrogen and oxygen atoms in total. The average Bonchev–Trinajstić information content (AvgIpc) is 2.20. The van der Waals surface area contributed by atoms with Crippen LogP contribution in [0.25, 0.3) is 0 Å². The van der Waals surface area contributed by atoms with Crippen molar-refractivity contribution in [2.75, 3.05) is 12.4 Å². The number of urea groups is 1. The highest BCUT2D eigenvalue weighted by molar-refractivity contribution is 6.37. The van der Waals surface area contributed by atoms with Gasteiger partial charge >= 0.3 is 6.03 Å². The van der Waals surface area contributed by atoms with Gasteiger partial charge in [0.15, 0.2) is 0 Å². The zero-order valence-corrected chi connectivity index (χ0v) is 10.3. The molecule has 1 aromatic rings. The first kappa shape index (κ1) is 13.4. The lowest BCUT2D eigenvalue weighted by Crippen LogP contribution is -2.38. The van der Waals surface area contributed by atoms with Gasteiger partial charge in [-0.2, -0.15) is 0 Å². The molecule has 0 bridgehead atoms. The number of nitrogens with two attached hydrogens (primary N) is 1. The number of nitrogens with one attached hydrogen (secondary N) is 3. The lowest BCUT2D eigenvalue weighted by molar-refractivity contribution is 0.253. The molecule has 1 aromatic carbocycles. The summed E-state index contributed by atoms with van der Waals surface area (Å²) >= 11 is 11.7. The number of primary amides is 1. The third kappa shape index (κ3) is 3.69. The molecule has 0 spiro atoms. The Hall–Kier alpha value is -1.66. The van der Waals surface area contributed by atoms with Crippen LogP contribution in [0.2, 0.25) is 10.0 Å². The van der Waals surface area contributed by atoms with Gasteiger partial charge in [0.2, 0.25) is 5.96 Å². The van der Waals surface area contributed by atoms with Crippen molar-refractivity contribution in [3.63, 3.8) is 0 Å². The van der Waals surface area contributed by atoms with Crippen molar-refractivity contribution in [3.05, 3.63) is 22.2 Å². The number of carbonyl (C=O) groups is 1. The Morgan fingerprint density at radius 2 is 2.12 bits per heavy atom. The highest BCUT2D eigenvalue weighted by Gasteiger charge is 2.11. The molecule has 0 saturated heterocycles. The van der Waals surface area contributed by atoms with Crippen molar-refractivity contribution >= 4 is 40.9 Å². The van der Waals surface area contributed by atoms with Crippen LogP contribution in [0.5, 0.6) is 5.75 Å². The minimum Gasteiger partial charge on any atom is -0.494 e. The van der Waals surface area contributed by atoms with Gasteiger partial charge in [-0.3, -0.25) is 10.7 Å². The summed E-state index contributed by atoms with van der Waals surface area (Å²) in [6.45, 7) is 0. The monoisotopic (exact) mass is 276 g/mol. The van der Waals surface area contributed by atoms with Crippen molar-refractivity contribution in [3.8, 4) is 5.75 Å². The molecular weight excluding hydrogens is 267 g/mol. The molecule has 0 fully saturated rings. The van der Waals surface area contributed by atoms with Gasteiger partial charge in [0.25, 0.3) is 0 Å². The summed E-state index contributed by atoms with van der Waals surface area (Å²) in [5, 5.41) is 12.7. The number of amides is 2. The SMILES string of the molecule is COc1cc(Cl)cc(Cl)c1NC(=N)NC(N)=O. The zero-order valence-electron chi connectivity index (χ0n) is 8.80. The summed E-state index contributed by atoms with van der Waals surface area (Å²) in [6, 6.07) is 2.14. The van der Waals surface area contributed by atoms with Crippen LogP contribution in [0, 0.1) is 5.41 Å². The average molecular weight is 277 g/mol. The highest BCUT2D eigenvalue weighted by Crippen LogP contribution is 2.35. The molecule has 92 valence electrons. The van der Waals surface area contributed by atoms with Crippen LogP contribution in [-0.4, -0.2) is 19.1 Å². The van der Waals surface area contributed by atoms with Gasteiger partial charge in [0.05, 0.1) is 12.1 Å². The predicted octanol–water partition coefficient (Wildman–Crippen LogP) is 2.02. The Kier molecular flexibility index (Phi) is 4.42. The molecule has 0 saturated carbocycles. The maximum Gasteiger partial charge on any atom is 0.318 e. The molecule has 5 N–H and O–H groups in total. The lowest BCUT2D eigenvalue weighted by atomic mass is 10.3. The summed E-state index contributed by atoms with van der Waals surface area (Å²) in [4.78, 5) is 10.5. The Labute approximate surface area is 108 Å². The van der Waals surface area contributed by atoms with Crippen LogP contribution in [0.1, 0.15) is 0 Å². The standard InChI is InChI=1S/C9H10Cl2N4O2/c1-17-6-3-4(10)2-5(11)7(6)14-8(12)15-9(13)16/h2-3H,1H3,(H5,12,13,14,15,16). The Balaban J connectivity index is 2.97. The fourth-order valence-corrected chi connectivity index (χ4v) is 1.63. The van der Waals surface area contributed by atoms with Gasteiger partial charge in [0.1, 0.15) is 11.4 Å². The van der Waals surface area contributed by atoms with Crippen molar-refractivity contribution in [2.24, 2.45) is 5.73 Å². The molecule has 0 aliphatic carbocycles. The van der Waals surface area contributed by atoms with E-state index in [9.17, 15) is 4.79 Å². The number of ether oxygens (including phenoxy) is 1. The van der Waals surface area contributed by atoms with E-state index in [-0.39, 0.29) is 11.0 Å². The number of methoxy groups -OCH3 is 1. The van der Waals surface area contributed by atoms with Gasteiger partial charge in [-0.25, -0.2) is 4.79 Å². The summed E-state index contributed by atoms with van der Waals surface area (Å²) in [6.07, 6.45) is 0. The van der Waals surface area contributed by atoms with Crippen molar-refractivity contribution < 1.29 is 9.53 Å². The Morgan fingerprint density at radius 1 is 1.47 bits per heavy atom. The molecule has 0 unspecified atom stereocenters. The fourth-order valence-electron chi connectivity index (χ4n) is 1.11. The minimum atomic E-state index is -0.855. The van der Waals surface area contributed by atoms with E-state index >= 15 is 0 Å². The molecule has 0 radical (unpaired) electrons. The molecule has 8 heteroatoms. The van der Waals surface area contributed by atoms with Crippen LogP contribution in [0.4, 0.5) is 10.5 Å². The van der Waals surface area contributed by atoms with E-state index in [1.807, 2.05) is 5.32 Å². The number of halogens is 2. The lowest BCUT2D eigenvalue weighted by Gasteiger charge is -2.13. The number of benzene rings is 1. The molecule has 0 heterocycles. The first-order chi connectivity index (χ1) is 7.93. The second kappa shape index (κ2) is 5.60. The highest BCUT2D eigenvalue weighted by atomic mass is 35.5. The summed E-state index contributed by atoms with van der Waals surface area (Å²) < 4.78 is 5.04. The summed E-state index contributed by atoms with van der Waals surface area (Å²) in [7, 11) is 1.43. The third-order valence-electron chi connectivity index (χ3n) is 1.74. The van der Waals surface area contributed by atoms with Crippen LogP contribution in [0.15, 0.2) is 12.1 Å². The van der Waals surface area contributed by atoms with E-state index < -0.39 is 6.03 Å². The molecule has 2 amide bonds. The van der Waals surface area contributed by atoms with Gasteiger partial charge in [0, 0.05) is 11.1 Å². The number of carbonyl (C=O) groups excluding carboxylic acids is 1. The molecule has 0 aliphatic heterocycles. The molecule has 17 heavy (non-hydrogen) atoms. The van der Waals surface area contributed by atoms with Crippen LogP contribution in [-0.2, 0) is 0 Å². The maximum absolute atomic E-state index is 10.5. The second-order valence-electron chi connectivity index (χ2n) is 2.95. The van der Waals surface area contributed by atoms with Gasteiger partial charge in [-0.05, 0) is 6.07 Å². The zero-order chi connectivity index (χ0) is 13.0. The number of hydrogen-bond donors (Lipinski definition) is 4. The van der Waals surface area contributed by atoms with E-state index in [1.165, 1.54) is 19.2 Å². The number of rotatable bonds is 2. The number of anilines is 1. The van der Waals surface area contributed by atoms with E-state index in [2.05, 4.69) is 5.32 Å². The maximum atomic E-state index is 10.5. The van der Waals surface area contributed by atoms with Gasteiger partial charge in [-0.1, -0.05) is 23.2 Å². The fraction of sp³-hybridized carbons (Fsp3) is 0.111. The Bertz CT molecular complexity index is 465. The molecule has 0 aromatic heterocycles. The predicted molar refractivity (Wildman–Crippen MR) is 67.1 cm³/mol. The normalized spacial score (nSPS) is 9.59. The number of guanidine groups is 1. The summed E-state index contributed by atoms with van der Waals surface area (Å²) in [5.41, 5.74) is 5.18. The Morgan fingerprint density at radius 3 is 2.65 bits per heavy atom. The smallest absolute Gasteiger partial charge is 0.318 e. The molecular formula is C9H10Cl2N4O2. The summed E-state index contributed by atoms with van der Waals surface area (Å²) in [5.74, 6) is 0.0264. The second-order valence-corrected chi connectivity index (χ2v) is 3.80. The van der Waals surface area contributed by atoms with Crippen LogP contribution < -0.4 is 21.1 Å². The van der Waals surface area contributed by atoms with E-state index in [0.29, 0.717) is 16.5 Å². The molecule has 1 rings (SSSR count). The van der Waals surface area contributed by atoms with Crippen molar-refractivity contribution in [2.45, 2.75) is 0 Å². The quantitative estimate of drug-likeness (QED) is 0.491. The van der Waals surface area contributed by atoms with Crippen molar-refractivity contribution in [1.82, 2.24) is 5.32 Å². The molecule has 0 atom stereocenters. The third-order valence-corrected chi connectivity index (χ3v) is 2.25. The first-order valence-corrected chi connectivity index (χ1v) is 5.14. The topological polar surface area (TPSA) is 100 Å². The van der Waals surface area contributed by atoms with Gasteiger partial charge in [-0.15, -0.1) is 0 Å². The minimum absolute atomic E-state index is 0.255. The van der Waals surface area contributed by atoms with E-state index in [0.717, 1.165) is 0 Å². The largest absolute Gasteiger partial charge is 0.494 e. The van der Waals surface area contributed by atoms with Gasteiger partial charge < -0.3 is 15.8 Å². The van der Waals surface area contributed by atoms with Crippen LogP contribution in [0.3, 0.4) is 0 Å². The van der Waals surface area contributed by atoms with E-state index in [4.69, 9.17) is 39.1 Å².